The molecule has 1 fully saturated rings. The highest BCUT2D eigenvalue weighted by Crippen LogP contribution is 2.40. The first-order valence-electron chi connectivity index (χ1n) is 12.9. The van der Waals surface area contributed by atoms with Crippen molar-refractivity contribution in [1.82, 2.24) is 9.80 Å². The van der Waals surface area contributed by atoms with Crippen LogP contribution in [0.3, 0.4) is 0 Å². The number of hydrogen-bond donors (Lipinski definition) is 1. The molecule has 0 saturated carbocycles. The molecule has 1 heterocycles. The summed E-state index contributed by atoms with van der Waals surface area (Å²) in [5, 5.41) is 11.2. The number of likely N-dealkylation sites (tertiary alicyclic amines) is 1. The Kier molecular flexibility index (Phi) is 9.94. The molecule has 7 heteroatoms. The second-order valence-electron chi connectivity index (χ2n) is 8.75. The Balaban J connectivity index is 1.98. The van der Waals surface area contributed by atoms with Crippen LogP contribution in [0.15, 0.2) is 54.1 Å². The Bertz CT molecular complexity index is 1040. The van der Waals surface area contributed by atoms with Crippen molar-refractivity contribution in [3.63, 3.8) is 0 Å². The van der Waals surface area contributed by atoms with Crippen LogP contribution in [0, 0.1) is 0 Å². The Morgan fingerprint density at radius 2 is 1.53 bits per heavy atom. The zero-order valence-corrected chi connectivity index (χ0v) is 21.8. The number of benzene rings is 2. The number of ether oxygens (including phenoxy) is 2. The number of amides is 1. The van der Waals surface area contributed by atoms with Crippen molar-refractivity contribution in [2.75, 3.05) is 39.4 Å². The van der Waals surface area contributed by atoms with Crippen LogP contribution in [0.1, 0.15) is 57.7 Å². The molecule has 1 N–H and O–H groups in total. The topological polar surface area (TPSA) is 79.3 Å². The van der Waals surface area contributed by atoms with Crippen LogP contribution in [-0.2, 0) is 9.59 Å². The second kappa shape index (κ2) is 13.1. The van der Waals surface area contributed by atoms with Gasteiger partial charge < -0.3 is 24.4 Å². The van der Waals surface area contributed by atoms with E-state index < -0.39 is 17.7 Å². The van der Waals surface area contributed by atoms with Gasteiger partial charge in [-0.1, -0.05) is 32.9 Å². The second-order valence-corrected chi connectivity index (χ2v) is 8.75. The SMILES string of the molecule is CCCOc1ccc(C2/C(=C(/O)c3ccc(OCC)cc3)C(=O)C(=O)N2CCCN(CC)CC)cc1. The molecule has 0 spiro atoms. The minimum Gasteiger partial charge on any atom is -0.507 e. The summed E-state index contributed by atoms with van der Waals surface area (Å²) >= 11 is 0. The van der Waals surface area contributed by atoms with Crippen LogP contribution in [0.5, 0.6) is 11.5 Å². The predicted molar refractivity (Wildman–Crippen MR) is 141 cm³/mol. The van der Waals surface area contributed by atoms with Crippen LogP contribution >= 0.6 is 0 Å². The van der Waals surface area contributed by atoms with Gasteiger partial charge >= 0.3 is 0 Å². The standard InChI is InChI=1S/C29H38N2O5/c1-5-20-36-24-14-10-21(11-15-24)26-25(27(32)22-12-16-23(17-13-22)35-8-4)28(33)29(34)31(26)19-9-18-30(6-2)7-3/h10-17,26,32H,5-9,18-20H2,1-4H3/b27-25-. The molecule has 0 aliphatic carbocycles. The van der Waals surface area contributed by atoms with E-state index in [1.807, 2.05) is 38.1 Å². The first kappa shape index (κ1) is 27.3. The van der Waals surface area contributed by atoms with Crippen molar-refractivity contribution in [1.29, 1.82) is 0 Å². The number of rotatable bonds is 13. The van der Waals surface area contributed by atoms with Crippen LogP contribution in [-0.4, -0.2) is 66.0 Å². The van der Waals surface area contributed by atoms with Crippen molar-refractivity contribution in [2.24, 2.45) is 0 Å². The monoisotopic (exact) mass is 494 g/mol. The molecule has 1 amide bonds. The Labute approximate surface area is 214 Å². The summed E-state index contributed by atoms with van der Waals surface area (Å²) in [6.45, 7) is 12.4. The first-order valence-corrected chi connectivity index (χ1v) is 12.9. The van der Waals surface area contributed by atoms with Gasteiger partial charge in [-0.2, -0.15) is 0 Å². The van der Waals surface area contributed by atoms with Gasteiger partial charge in [0.15, 0.2) is 0 Å². The minimum atomic E-state index is -0.673. The fraction of sp³-hybridized carbons (Fsp3) is 0.448. The molecule has 36 heavy (non-hydrogen) atoms. The maximum absolute atomic E-state index is 13.2. The van der Waals surface area contributed by atoms with E-state index in [4.69, 9.17) is 9.47 Å². The number of hydrogen-bond acceptors (Lipinski definition) is 6. The number of aliphatic hydroxyl groups is 1. The number of ketones is 1. The van der Waals surface area contributed by atoms with Crippen molar-refractivity contribution in [3.8, 4) is 11.5 Å². The Morgan fingerprint density at radius 3 is 2.11 bits per heavy atom. The summed E-state index contributed by atoms with van der Waals surface area (Å²) in [4.78, 5) is 30.3. The molecule has 1 unspecified atom stereocenters. The molecule has 2 aromatic rings. The predicted octanol–water partition coefficient (Wildman–Crippen LogP) is 5.03. The molecule has 0 bridgehead atoms. The van der Waals surface area contributed by atoms with Gasteiger partial charge in [-0.25, -0.2) is 0 Å². The van der Waals surface area contributed by atoms with Gasteiger partial charge in [0.1, 0.15) is 17.3 Å². The fourth-order valence-corrected chi connectivity index (χ4v) is 4.46. The minimum absolute atomic E-state index is 0.106. The molecule has 0 radical (unpaired) electrons. The van der Waals surface area contributed by atoms with E-state index >= 15 is 0 Å². The third-order valence-corrected chi connectivity index (χ3v) is 6.42. The summed E-state index contributed by atoms with van der Waals surface area (Å²) in [5.41, 5.74) is 1.33. The van der Waals surface area contributed by atoms with Gasteiger partial charge in [0.25, 0.3) is 11.7 Å². The molecule has 3 rings (SSSR count). The Hall–Kier alpha value is -3.32. The van der Waals surface area contributed by atoms with E-state index in [0.717, 1.165) is 43.8 Å². The summed E-state index contributed by atoms with van der Waals surface area (Å²) in [5.74, 6) is -0.0338. The average molecular weight is 495 g/mol. The zero-order valence-electron chi connectivity index (χ0n) is 21.8. The van der Waals surface area contributed by atoms with Gasteiger partial charge in [0.2, 0.25) is 0 Å². The third-order valence-electron chi connectivity index (χ3n) is 6.42. The number of Topliss-reactive ketones (excluding diaryl/α,β-unsaturated/α-hetero) is 1. The lowest BCUT2D eigenvalue weighted by Crippen LogP contribution is -2.33. The van der Waals surface area contributed by atoms with Gasteiger partial charge in [-0.3, -0.25) is 9.59 Å². The van der Waals surface area contributed by atoms with Gasteiger partial charge in [-0.15, -0.1) is 0 Å². The van der Waals surface area contributed by atoms with Gasteiger partial charge in [-0.05, 0) is 81.4 Å². The maximum atomic E-state index is 13.2. The number of carbonyl (C=O) groups is 2. The summed E-state index contributed by atoms with van der Waals surface area (Å²) in [6.07, 6.45) is 1.63. The third kappa shape index (κ3) is 6.26. The molecular formula is C29H38N2O5. The van der Waals surface area contributed by atoms with Crippen LogP contribution in [0.25, 0.3) is 5.76 Å². The molecule has 1 atom stereocenters. The molecule has 1 aliphatic rings. The fourth-order valence-electron chi connectivity index (χ4n) is 4.46. The van der Waals surface area contributed by atoms with Crippen LogP contribution in [0.2, 0.25) is 0 Å². The molecule has 2 aromatic carbocycles. The molecule has 7 nitrogen and oxygen atoms in total. The first-order chi connectivity index (χ1) is 17.4. The summed E-state index contributed by atoms with van der Waals surface area (Å²) in [7, 11) is 0. The van der Waals surface area contributed by atoms with Crippen LogP contribution in [0.4, 0.5) is 0 Å². The molecular weight excluding hydrogens is 456 g/mol. The van der Waals surface area contributed by atoms with Gasteiger partial charge in [0.05, 0.1) is 24.8 Å². The highest BCUT2D eigenvalue weighted by Gasteiger charge is 2.45. The van der Waals surface area contributed by atoms with Crippen molar-refractivity contribution in [2.45, 2.75) is 46.6 Å². The number of nitrogens with zero attached hydrogens (tertiary/aromatic N) is 2. The summed E-state index contributed by atoms with van der Waals surface area (Å²) < 4.78 is 11.2. The van der Waals surface area contributed by atoms with Gasteiger partial charge in [0, 0.05) is 12.1 Å². The highest BCUT2D eigenvalue weighted by molar-refractivity contribution is 6.46. The molecule has 1 aliphatic heterocycles. The quantitative estimate of drug-likeness (QED) is 0.239. The lowest BCUT2D eigenvalue weighted by molar-refractivity contribution is -0.140. The molecule has 1 saturated heterocycles. The summed E-state index contributed by atoms with van der Waals surface area (Å²) in [6, 6.07) is 13.6. The van der Waals surface area contributed by atoms with E-state index in [2.05, 4.69) is 18.7 Å². The van der Waals surface area contributed by atoms with Crippen LogP contribution < -0.4 is 9.47 Å². The largest absolute Gasteiger partial charge is 0.507 e. The zero-order chi connectivity index (χ0) is 26.1. The smallest absolute Gasteiger partial charge is 0.295 e. The normalized spacial score (nSPS) is 17.1. The van der Waals surface area contributed by atoms with E-state index in [9.17, 15) is 14.7 Å². The van der Waals surface area contributed by atoms with E-state index in [-0.39, 0.29) is 11.3 Å². The van der Waals surface area contributed by atoms with Crippen molar-refractivity contribution >= 4 is 17.4 Å². The number of aliphatic hydroxyl groups excluding tert-OH is 1. The Morgan fingerprint density at radius 1 is 0.917 bits per heavy atom. The number of carbonyl (C=O) groups excluding carboxylic acids is 2. The molecule has 194 valence electrons. The van der Waals surface area contributed by atoms with E-state index in [1.165, 1.54) is 0 Å². The van der Waals surface area contributed by atoms with E-state index in [0.29, 0.717) is 31.1 Å². The highest BCUT2D eigenvalue weighted by atomic mass is 16.5. The average Bonchev–Trinajstić information content (AvgIpc) is 3.15. The maximum Gasteiger partial charge on any atom is 0.295 e. The lowest BCUT2D eigenvalue weighted by atomic mass is 9.95. The van der Waals surface area contributed by atoms with E-state index in [1.54, 1.807) is 29.2 Å². The lowest BCUT2D eigenvalue weighted by Gasteiger charge is -2.27. The van der Waals surface area contributed by atoms with Crippen molar-refractivity contribution in [3.05, 3.63) is 65.2 Å². The van der Waals surface area contributed by atoms with Crippen molar-refractivity contribution < 1.29 is 24.2 Å². The molecule has 0 aromatic heterocycles.